The molecular formula is C8H17NO2. The summed E-state index contributed by atoms with van der Waals surface area (Å²) in [6, 6.07) is 0. The largest absolute Gasteiger partial charge is 0.382 e. The van der Waals surface area contributed by atoms with Crippen LogP contribution in [0.15, 0.2) is 0 Å². The maximum atomic E-state index is 5.69. The summed E-state index contributed by atoms with van der Waals surface area (Å²) in [7, 11) is 1.71. The second kappa shape index (κ2) is 4.70. The molecule has 0 aliphatic carbocycles. The molecule has 0 aromatic carbocycles. The highest BCUT2D eigenvalue weighted by Crippen LogP contribution is 2.06. The van der Waals surface area contributed by atoms with Crippen LogP contribution in [0, 0.1) is 0 Å². The van der Waals surface area contributed by atoms with E-state index in [1.54, 1.807) is 7.11 Å². The monoisotopic (exact) mass is 159 g/mol. The molecule has 0 amide bonds. The molecule has 1 saturated heterocycles. The van der Waals surface area contributed by atoms with Gasteiger partial charge in [-0.3, -0.25) is 0 Å². The maximum absolute atomic E-state index is 5.69. The Morgan fingerprint density at radius 2 is 2.18 bits per heavy atom. The van der Waals surface area contributed by atoms with Gasteiger partial charge in [-0.2, -0.15) is 0 Å². The molecule has 3 nitrogen and oxygen atoms in total. The second-order valence-electron chi connectivity index (χ2n) is 2.90. The van der Waals surface area contributed by atoms with Crippen molar-refractivity contribution >= 4 is 0 Å². The lowest BCUT2D eigenvalue weighted by atomic mass is 10.2. The molecule has 0 radical (unpaired) electrons. The van der Waals surface area contributed by atoms with Gasteiger partial charge in [0, 0.05) is 20.2 Å². The zero-order valence-corrected chi connectivity index (χ0v) is 7.30. The number of hydrogen-bond acceptors (Lipinski definition) is 3. The molecular weight excluding hydrogens is 142 g/mol. The fourth-order valence-corrected chi connectivity index (χ4v) is 1.30. The van der Waals surface area contributed by atoms with Crippen LogP contribution >= 0.6 is 0 Å². The Kier molecular flexibility index (Phi) is 3.83. The molecule has 3 heteroatoms. The Balaban J connectivity index is 2.21. The van der Waals surface area contributed by atoms with Crippen molar-refractivity contribution in [2.24, 2.45) is 0 Å². The Labute approximate surface area is 68.1 Å². The van der Waals surface area contributed by atoms with Crippen LogP contribution in [-0.4, -0.2) is 39.0 Å². The fourth-order valence-electron chi connectivity index (χ4n) is 1.30. The topological polar surface area (TPSA) is 30.5 Å². The molecule has 0 aromatic rings. The van der Waals surface area contributed by atoms with Crippen molar-refractivity contribution in [3.8, 4) is 0 Å². The number of methoxy groups -OCH3 is 1. The van der Waals surface area contributed by atoms with Crippen LogP contribution in [0.3, 0.4) is 0 Å². The summed E-state index contributed by atoms with van der Waals surface area (Å²) in [5.74, 6) is 0. The van der Waals surface area contributed by atoms with Crippen LogP contribution in [-0.2, 0) is 9.47 Å². The highest BCUT2D eigenvalue weighted by molar-refractivity contribution is 4.72. The molecule has 2 unspecified atom stereocenters. The van der Waals surface area contributed by atoms with E-state index >= 15 is 0 Å². The van der Waals surface area contributed by atoms with Crippen molar-refractivity contribution in [1.82, 2.24) is 5.32 Å². The van der Waals surface area contributed by atoms with Crippen LogP contribution in [0.25, 0.3) is 0 Å². The van der Waals surface area contributed by atoms with E-state index in [-0.39, 0.29) is 6.10 Å². The number of rotatable bonds is 3. The average molecular weight is 159 g/mol. The summed E-state index contributed by atoms with van der Waals surface area (Å²) in [6.07, 6.45) is 1.70. The Morgan fingerprint density at radius 1 is 1.45 bits per heavy atom. The van der Waals surface area contributed by atoms with Crippen molar-refractivity contribution in [3.05, 3.63) is 0 Å². The van der Waals surface area contributed by atoms with E-state index in [0.717, 1.165) is 19.5 Å². The summed E-state index contributed by atoms with van der Waals surface area (Å²) >= 11 is 0. The van der Waals surface area contributed by atoms with Crippen molar-refractivity contribution in [2.45, 2.75) is 25.6 Å². The molecule has 1 rings (SSSR count). The van der Waals surface area contributed by atoms with Crippen molar-refractivity contribution in [1.29, 1.82) is 0 Å². The third kappa shape index (κ3) is 2.77. The van der Waals surface area contributed by atoms with E-state index in [1.165, 1.54) is 0 Å². The highest BCUT2D eigenvalue weighted by Gasteiger charge is 2.19. The molecule has 1 N–H and O–H groups in total. The first kappa shape index (κ1) is 8.97. The molecule has 1 fully saturated rings. The smallest absolute Gasteiger partial charge is 0.0936 e. The SMILES string of the molecule is CCC1CNCC(COC)O1. The minimum absolute atomic E-state index is 0.249. The predicted octanol–water partition coefficient (Wildman–Crippen LogP) is 0.400. The fraction of sp³-hybridized carbons (Fsp3) is 1.00. The zero-order valence-electron chi connectivity index (χ0n) is 7.30. The molecule has 0 saturated carbocycles. The second-order valence-corrected chi connectivity index (χ2v) is 2.90. The van der Waals surface area contributed by atoms with E-state index in [1.807, 2.05) is 0 Å². The molecule has 0 aromatic heterocycles. The molecule has 1 heterocycles. The van der Waals surface area contributed by atoms with Gasteiger partial charge < -0.3 is 14.8 Å². The maximum Gasteiger partial charge on any atom is 0.0936 e. The van der Waals surface area contributed by atoms with Crippen molar-refractivity contribution in [2.75, 3.05) is 26.8 Å². The number of morpholine rings is 1. The third-order valence-electron chi connectivity index (χ3n) is 1.94. The van der Waals surface area contributed by atoms with E-state index in [0.29, 0.717) is 12.7 Å². The van der Waals surface area contributed by atoms with Gasteiger partial charge in [0.15, 0.2) is 0 Å². The minimum Gasteiger partial charge on any atom is -0.382 e. The molecule has 2 atom stereocenters. The first-order valence-corrected chi connectivity index (χ1v) is 4.22. The van der Waals surface area contributed by atoms with E-state index < -0.39 is 0 Å². The Morgan fingerprint density at radius 3 is 2.82 bits per heavy atom. The van der Waals surface area contributed by atoms with Crippen molar-refractivity contribution in [3.63, 3.8) is 0 Å². The van der Waals surface area contributed by atoms with Gasteiger partial charge in [0.2, 0.25) is 0 Å². The van der Waals surface area contributed by atoms with Gasteiger partial charge in [0.1, 0.15) is 0 Å². The summed E-state index contributed by atoms with van der Waals surface area (Å²) in [5.41, 5.74) is 0. The van der Waals surface area contributed by atoms with Gasteiger partial charge >= 0.3 is 0 Å². The minimum atomic E-state index is 0.249. The lowest BCUT2D eigenvalue weighted by molar-refractivity contribution is -0.0687. The first-order valence-electron chi connectivity index (χ1n) is 4.22. The average Bonchev–Trinajstić information content (AvgIpc) is 2.06. The van der Waals surface area contributed by atoms with Crippen LogP contribution in [0.1, 0.15) is 13.3 Å². The quantitative estimate of drug-likeness (QED) is 0.646. The molecule has 11 heavy (non-hydrogen) atoms. The van der Waals surface area contributed by atoms with E-state index in [4.69, 9.17) is 9.47 Å². The van der Waals surface area contributed by atoms with E-state index in [9.17, 15) is 0 Å². The van der Waals surface area contributed by atoms with Crippen LogP contribution in [0.4, 0.5) is 0 Å². The van der Waals surface area contributed by atoms with Gasteiger partial charge in [-0.15, -0.1) is 0 Å². The van der Waals surface area contributed by atoms with E-state index in [2.05, 4.69) is 12.2 Å². The lowest BCUT2D eigenvalue weighted by Gasteiger charge is -2.29. The molecule has 66 valence electrons. The summed E-state index contributed by atoms with van der Waals surface area (Å²) in [6.45, 7) is 4.74. The predicted molar refractivity (Wildman–Crippen MR) is 43.7 cm³/mol. The molecule has 0 spiro atoms. The summed E-state index contributed by atoms with van der Waals surface area (Å²) in [4.78, 5) is 0. The summed E-state index contributed by atoms with van der Waals surface area (Å²) < 4.78 is 10.7. The van der Waals surface area contributed by atoms with Crippen LogP contribution < -0.4 is 5.32 Å². The van der Waals surface area contributed by atoms with Gasteiger partial charge in [-0.25, -0.2) is 0 Å². The Bertz CT molecular complexity index is 106. The summed E-state index contributed by atoms with van der Waals surface area (Å²) in [5, 5.41) is 3.32. The lowest BCUT2D eigenvalue weighted by Crippen LogP contribution is -2.46. The van der Waals surface area contributed by atoms with Gasteiger partial charge in [0.05, 0.1) is 18.8 Å². The highest BCUT2D eigenvalue weighted by atomic mass is 16.5. The van der Waals surface area contributed by atoms with Crippen LogP contribution in [0.5, 0.6) is 0 Å². The normalized spacial score (nSPS) is 32.2. The van der Waals surface area contributed by atoms with Gasteiger partial charge in [0.25, 0.3) is 0 Å². The van der Waals surface area contributed by atoms with Crippen molar-refractivity contribution < 1.29 is 9.47 Å². The number of nitrogens with one attached hydrogen (secondary N) is 1. The molecule has 0 bridgehead atoms. The molecule has 1 aliphatic heterocycles. The number of ether oxygens (including phenoxy) is 2. The Hall–Kier alpha value is -0.120. The molecule has 1 aliphatic rings. The van der Waals surface area contributed by atoms with Crippen LogP contribution in [0.2, 0.25) is 0 Å². The number of hydrogen-bond donors (Lipinski definition) is 1. The van der Waals surface area contributed by atoms with Gasteiger partial charge in [-0.05, 0) is 6.42 Å². The first-order chi connectivity index (χ1) is 5.36. The zero-order chi connectivity index (χ0) is 8.10. The van der Waals surface area contributed by atoms with Gasteiger partial charge in [-0.1, -0.05) is 6.92 Å². The standard InChI is InChI=1S/C8H17NO2/c1-3-7-4-9-5-8(11-7)6-10-2/h7-9H,3-6H2,1-2H3. The third-order valence-corrected chi connectivity index (χ3v) is 1.94.